The number of halogens is 2. The Morgan fingerprint density at radius 2 is 2.12 bits per heavy atom. The first-order valence-electron chi connectivity index (χ1n) is 7.80. The molecule has 0 radical (unpaired) electrons. The van der Waals surface area contributed by atoms with Crippen LogP contribution >= 0.6 is 0 Å². The number of aromatic nitrogens is 2. The number of aliphatic hydroxyl groups excluding tert-OH is 1. The maximum atomic E-state index is 13.7. The Balaban J connectivity index is 1.69. The first-order chi connectivity index (χ1) is 11.8. The van der Waals surface area contributed by atoms with Gasteiger partial charge in [-0.2, -0.15) is 5.10 Å². The van der Waals surface area contributed by atoms with E-state index >= 15 is 0 Å². The summed E-state index contributed by atoms with van der Waals surface area (Å²) in [6.45, 7) is -0.357. The van der Waals surface area contributed by atoms with Crippen molar-refractivity contribution in [3.8, 4) is 0 Å². The van der Waals surface area contributed by atoms with E-state index < -0.39 is 35.5 Å². The molecule has 1 aliphatic heterocycles. The fourth-order valence-corrected chi connectivity index (χ4v) is 3.01. The summed E-state index contributed by atoms with van der Waals surface area (Å²) in [4.78, 5) is 25.5. The molecule has 2 atom stereocenters. The van der Waals surface area contributed by atoms with Crippen LogP contribution in [0.4, 0.5) is 8.78 Å². The zero-order valence-corrected chi connectivity index (χ0v) is 13.5. The fourth-order valence-electron chi connectivity index (χ4n) is 3.01. The van der Waals surface area contributed by atoms with Gasteiger partial charge in [-0.05, 0) is 18.1 Å². The van der Waals surface area contributed by atoms with Crippen molar-refractivity contribution >= 4 is 11.8 Å². The van der Waals surface area contributed by atoms with E-state index in [4.69, 9.17) is 0 Å². The summed E-state index contributed by atoms with van der Waals surface area (Å²) in [6.07, 6.45) is 2.39. The average Bonchev–Trinajstić information content (AvgIpc) is 3.06. The molecule has 0 bridgehead atoms. The van der Waals surface area contributed by atoms with Crippen molar-refractivity contribution in [2.45, 2.75) is 18.9 Å². The van der Waals surface area contributed by atoms with Crippen LogP contribution in [0.25, 0.3) is 0 Å². The van der Waals surface area contributed by atoms with Gasteiger partial charge in [-0.3, -0.25) is 19.2 Å². The van der Waals surface area contributed by atoms with E-state index in [1.54, 1.807) is 24.1 Å². The highest BCUT2D eigenvalue weighted by molar-refractivity contribution is 6.03. The summed E-state index contributed by atoms with van der Waals surface area (Å²) < 4.78 is 28.3. The number of amides is 2. The van der Waals surface area contributed by atoms with Crippen molar-refractivity contribution < 1.29 is 23.5 Å². The second kappa shape index (κ2) is 6.72. The number of aryl methyl sites for hydroxylation is 1. The van der Waals surface area contributed by atoms with Gasteiger partial charge in [0.15, 0.2) is 0 Å². The van der Waals surface area contributed by atoms with E-state index in [2.05, 4.69) is 5.10 Å². The summed E-state index contributed by atoms with van der Waals surface area (Å²) in [5.41, 5.74) is 0.679. The van der Waals surface area contributed by atoms with Crippen molar-refractivity contribution in [2.75, 3.05) is 6.54 Å². The number of rotatable bonds is 5. The molecule has 25 heavy (non-hydrogen) atoms. The van der Waals surface area contributed by atoms with Gasteiger partial charge in [-0.15, -0.1) is 0 Å². The molecule has 1 aromatic carbocycles. The number of hydrogen-bond donors (Lipinski definition) is 1. The van der Waals surface area contributed by atoms with Gasteiger partial charge in [0, 0.05) is 31.3 Å². The smallest absolute Gasteiger partial charge is 0.233 e. The molecule has 3 rings (SSSR count). The van der Waals surface area contributed by atoms with Crippen LogP contribution in [0, 0.1) is 17.6 Å². The van der Waals surface area contributed by atoms with Crippen LogP contribution in [0.1, 0.15) is 23.7 Å². The highest BCUT2D eigenvalue weighted by atomic mass is 19.1. The molecule has 1 fully saturated rings. The summed E-state index contributed by atoms with van der Waals surface area (Å²) >= 11 is 0. The van der Waals surface area contributed by atoms with Gasteiger partial charge in [0.25, 0.3) is 0 Å². The maximum absolute atomic E-state index is 13.7. The molecule has 2 heterocycles. The molecule has 1 N–H and O–H groups in total. The number of imide groups is 1. The molecule has 6 nitrogen and oxygen atoms in total. The molecule has 0 aliphatic carbocycles. The van der Waals surface area contributed by atoms with Crippen LogP contribution in [-0.2, 0) is 23.1 Å². The van der Waals surface area contributed by atoms with Gasteiger partial charge in [-0.1, -0.05) is 6.07 Å². The predicted molar refractivity (Wildman–Crippen MR) is 83.1 cm³/mol. The standard InChI is InChI=1S/C17H17F2N3O3/c1-21-8-10(7-20-21)4-11-5-16(24)22(17(11)25)9-15(23)13-3-2-12(18)6-14(13)19/h2-3,6-8,11,15,23H,4-5,9H2,1H3/t11-,15+/m1/s1. The lowest BCUT2D eigenvalue weighted by Crippen LogP contribution is -2.35. The molecular formula is C17H17F2N3O3. The Bertz CT molecular complexity index is 821. The van der Waals surface area contributed by atoms with E-state index in [0.717, 1.165) is 22.6 Å². The van der Waals surface area contributed by atoms with Gasteiger partial charge < -0.3 is 5.11 Å². The van der Waals surface area contributed by atoms with Gasteiger partial charge in [0.05, 0.1) is 24.8 Å². The molecule has 0 spiro atoms. The minimum absolute atomic E-state index is 0.0341. The van der Waals surface area contributed by atoms with E-state index in [0.29, 0.717) is 12.5 Å². The maximum Gasteiger partial charge on any atom is 0.233 e. The number of hydrogen-bond acceptors (Lipinski definition) is 4. The predicted octanol–water partition coefficient (Wildman–Crippen LogP) is 1.35. The number of nitrogens with zero attached hydrogens (tertiary/aromatic N) is 3. The number of aliphatic hydroxyl groups is 1. The van der Waals surface area contributed by atoms with Crippen molar-refractivity contribution in [3.05, 3.63) is 53.4 Å². The summed E-state index contributed by atoms with van der Waals surface area (Å²) in [5, 5.41) is 14.2. The Morgan fingerprint density at radius 1 is 1.36 bits per heavy atom. The third kappa shape index (κ3) is 3.58. The Labute approximate surface area is 142 Å². The molecule has 8 heteroatoms. The Kier molecular flexibility index (Phi) is 4.63. The largest absolute Gasteiger partial charge is 0.386 e. The Morgan fingerprint density at radius 3 is 2.76 bits per heavy atom. The zero-order chi connectivity index (χ0) is 18.1. The fraction of sp³-hybridized carbons (Fsp3) is 0.353. The lowest BCUT2D eigenvalue weighted by molar-refractivity contribution is -0.141. The molecule has 2 amide bonds. The molecule has 0 unspecified atom stereocenters. The summed E-state index contributed by atoms with van der Waals surface area (Å²) in [5.74, 6) is -3.03. The monoisotopic (exact) mass is 349 g/mol. The van der Waals surface area contributed by atoms with E-state index in [9.17, 15) is 23.5 Å². The van der Waals surface area contributed by atoms with Crippen LogP contribution in [0.15, 0.2) is 30.6 Å². The minimum Gasteiger partial charge on any atom is -0.386 e. The lowest BCUT2D eigenvalue weighted by atomic mass is 10.0. The van der Waals surface area contributed by atoms with Gasteiger partial charge in [-0.25, -0.2) is 8.78 Å². The average molecular weight is 349 g/mol. The topological polar surface area (TPSA) is 75.4 Å². The van der Waals surface area contributed by atoms with E-state index in [1.807, 2.05) is 0 Å². The molecule has 1 saturated heterocycles. The van der Waals surface area contributed by atoms with Crippen molar-refractivity contribution in [1.29, 1.82) is 0 Å². The zero-order valence-electron chi connectivity index (χ0n) is 13.5. The normalized spacial score (nSPS) is 18.9. The number of β-amino-alcohol motifs (C(OH)–C–C–N with tert-alkyl or cyclic N) is 1. The van der Waals surface area contributed by atoms with Crippen molar-refractivity contribution in [2.24, 2.45) is 13.0 Å². The molecule has 0 saturated carbocycles. The molecular weight excluding hydrogens is 332 g/mol. The van der Waals surface area contributed by atoms with E-state index in [1.165, 1.54) is 0 Å². The molecule has 1 aliphatic rings. The first-order valence-corrected chi connectivity index (χ1v) is 7.80. The quantitative estimate of drug-likeness (QED) is 0.827. The summed E-state index contributed by atoms with van der Waals surface area (Å²) in [7, 11) is 1.75. The van der Waals surface area contributed by atoms with Gasteiger partial charge in [0.2, 0.25) is 11.8 Å². The third-order valence-electron chi connectivity index (χ3n) is 4.25. The third-order valence-corrected chi connectivity index (χ3v) is 4.25. The second-order valence-electron chi connectivity index (χ2n) is 6.15. The minimum atomic E-state index is -1.41. The number of carbonyl (C=O) groups excluding carboxylic acids is 2. The van der Waals surface area contributed by atoms with Crippen LogP contribution in [0.2, 0.25) is 0 Å². The Hall–Kier alpha value is -2.61. The lowest BCUT2D eigenvalue weighted by Gasteiger charge is -2.19. The van der Waals surface area contributed by atoms with Crippen LogP contribution < -0.4 is 0 Å². The summed E-state index contributed by atoms with van der Waals surface area (Å²) in [6, 6.07) is 2.77. The molecule has 132 valence electrons. The molecule has 1 aromatic heterocycles. The SMILES string of the molecule is Cn1cc(C[C@@H]2CC(=O)N(C[C@H](O)c3ccc(F)cc3F)C2=O)cn1. The van der Waals surface area contributed by atoms with Crippen LogP contribution in [0.5, 0.6) is 0 Å². The van der Waals surface area contributed by atoms with E-state index in [-0.39, 0.29) is 18.5 Å². The van der Waals surface area contributed by atoms with Gasteiger partial charge >= 0.3 is 0 Å². The number of benzene rings is 1. The first kappa shape index (κ1) is 17.2. The number of carbonyl (C=O) groups is 2. The van der Waals surface area contributed by atoms with Crippen molar-refractivity contribution in [3.63, 3.8) is 0 Å². The highest BCUT2D eigenvalue weighted by Crippen LogP contribution is 2.27. The molecule has 2 aromatic rings. The highest BCUT2D eigenvalue weighted by Gasteiger charge is 2.39. The van der Waals surface area contributed by atoms with Crippen LogP contribution in [0.3, 0.4) is 0 Å². The van der Waals surface area contributed by atoms with Crippen LogP contribution in [-0.4, -0.2) is 38.1 Å². The van der Waals surface area contributed by atoms with Crippen molar-refractivity contribution in [1.82, 2.24) is 14.7 Å². The van der Waals surface area contributed by atoms with Gasteiger partial charge in [0.1, 0.15) is 11.6 Å². The second-order valence-corrected chi connectivity index (χ2v) is 6.15. The number of likely N-dealkylation sites (tertiary alicyclic amines) is 1.